The molecule has 0 unspecified atom stereocenters. The molecule has 4 heteroatoms. The molecule has 4 nitrogen and oxygen atoms in total. The van der Waals surface area contributed by atoms with E-state index in [9.17, 15) is 9.59 Å². The summed E-state index contributed by atoms with van der Waals surface area (Å²) in [5, 5.41) is 5.53. The molecule has 0 aliphatic heterocycles. The van der Waals surface area contributed by atoms with Crippen molar-refractivity contribution in [2.24, 2.45) is 5.92 Å². The Morgan fingerprint density at radius 1 is 1.05 bits per heavy atom. The SMILES string of the molecule is CC(=O)N[C@@H](C(=O)Nc1cc(C)cc(C)c1)C(C)C. The average Bonchev–Trinajstić information content (AvgIpc) is 2.23. The van der Waals surface area contributed by atoms with Crippen LogP contribution in [0.4, 0.5) is 5.69 Å². The molecule has 104 valence electrons. The van der Waals surface area contributed by atoms with Gasteiger partial charge in [-0.15, -0.1) is 0 Å². The van der Waals surface area contributed by atoms with Gasteiger partial charge in [0.15, 0.2) is 0 Å². The summed E-state index contributed by atoms with van der Waals surface area (Å²) in [4.78, 5) is 23.3. The molecule has 0 saturated heterocycles. The van der Waals surface area contributed by atoms with Gasteiger partial charge in [0.1, 0.15) is 6.04 Å². The number of aryl methyl sites for hydroxylation is 2. The van der Waals surface area contributed by atoms with Crippen LogP contribution in [0.5, 0.6) is 0 Å². The molecular formula is C15H22N2O2. The molecule has 0 bridgehead atoms. The molecule has 1 aromatic rings. The highest BCUT2D eigenvalue weighted by Crippen LogP contribution is 2.15. The normalized spacial score (nSPS) is 12.1. The van der Waals surface area contributed by atoms with Crippen LogP contribution in [0.1, 0.15) is 31.9 Å². The maximum absolute atomic E-state index is 12.2. The number of rotatable bonds is 4. The maximum Gasteiger partial charge on any atom is 0.247 e. The van der Waals surface area contributed by atoms with Gasteiger partial charge in [-0.25, -0.2) is 0 Å². The monoisotopic (exact) mass is 262 g/mol. The molecule has 0 heterocycles. The number of carbonyl (C=O) groups excluding carboxylic acids is 2. The van der Waals surface area contributed by atoms with Gasteiger partial charge in [0.2, 0.25) is 11.8 Å². The third kappa shape index (κ3) is 4.73. The van der Waals surface area contributed by atoms with Crippen LogP contribution in [-0.2, 0) is 9.59 Å². The zero-order valence-corrected chi connectivity index (χ0v) is 12.2. The van der Waals surface area contributed by atoms with E-state index in [1.165, 1.54) is 6.92 Å². The number of amides is 2. The first-order chi connectivity index (χ1) is 8.79. The van der Waals surface area contributed by atoms with E-state index in [0.29, 0.717) is 0 Å². The van der Waals surface area contributed by atoms with E-state index in [0.717, 1.165) is 16.8 Å². The minimum atomic E-state index is -0.515. The van der Waals surface area contributed by atoms with Crippen LogP contribution in [-0.4, -0.2) is 17.9 Å². The van der Waals surface area contributed by atoms with Crippen molar-refractivity contribution in [2.45, 2.75) is 40.7 Å². The Labute approximate surface area is 114 Å². The van der Waals surface area contributed by atoms with Gasteiger partial charge in [-0.2, -0.15) is 0 Å². The summed E-state index contributed by atoms with van der Waals surface area (Å²) in [6.07, 6.45) is 0. The van der Waals surface area contributed by atoms with Crippen molar-refractivity contribution in [1.82, 2.24) is 5.32 Å². The molecule has 1 rings (SSSR count). The summed E-state index contributed by atoms with van der Waals surface area (Å²) in [5.41, 5.74) is 2.95. The largest absolute Gasteiger partial charge is 0.344 e. The molecule has 1 atom stereocenters. The van der Waals surface area contributed by atoms with Gasteiger partial charge in [0.05, 0.1) is 0 Å². The van der Waals surface area contributed by atoms with Gasteiger partial charge in [0, 0.05) is 12.6 Å². The summed E-state index contributed by atoms with van der Waals surface area (Å²) >= 11 is 0. The number of carbonyl (C=O) groups is 2. The zero-order chi connectivity index (χ0) is 14.6. The van der Waals surface area contributed by atoms with Crippen LogP contribution >= 0.6 is 0 Å². The summed E-state index contributed by atoms with van der Waals surface area (Å²) in [6.45, 7) is 9.19. The third-order valence-electron chi connectivity index (χ3n) is 2.80. The molecule has 0 fully saturated rings. The molecular weight excluding hydrogens is 240 g/mol. The smallest absolute Gasteiger partial charge is 0.247 e. The molecule has 1 aromatic carbocycles. The quantitative estimate of drug-likeness (QED) is 0.875. The van der Waals surface area contributed by atoms with Gasteiger partial charge in [0.25, 0.3) is 0 Å². The third-order valence-corrected chi connectivity index (χ3v) is 2.80. The van der Waals surface area contributed by atoms with Crippen LogP contribution in [0.2, 0.25) is 0 Å². The van der Waals surface area contributed by atoms with Crippen LogP contribution in [0.15, 0.2) is 18.2 Å². The lowest BCUT2D eigenvalue weighted by Gasteiger charge is -2.21. The van der Waals surface area contributed by atoms with Gasteiger partial charge in [-0.1, -0.05) is 19.9 Å². The van der Waals surface area contributed by atoms with Crippen molar-refractivity contribution in [2.75, 3.05) is 5.32 Å². The van der Waals surface area contributed by atoms with Crippen molar-refractivity contribution in [3.63, 3.8) is 0 Å². The van der Waals surface area contributed by atoms with E-state index in [1.54, 1.807) is 0 Å². The fraction of sp³-hybridized carbons (Fsp3) is 0.467. The molecule has 0 spiro atoms. The first-order valence-corrected chi connectivity index (χ1v) is 6.46. The molecule has 0 aromatic heterocycles. The van der Waals surface area contributed by atoms with Gasteiger partial charge < -0.3 is 10.6 Å². The van der Waals surface area contributed by atoms with Crippen molar-refractivity contribution in [1.29, 1.82) is 0 Å². The van der Waals surface area contributed by atoms with Crippen molar-refractivity contribution in [3.8, 4) is 0 Å². The Bertz CT molecular complexity index is 461. The second kappa shape index (κ2) is 6.36. The number of hydrogen-bond donors (Lipinski definition) is 2. The van der Waals surface area contributed by atoms with Gasteiger partial charge in [-0.3, -0.25) is 9.59 Å². The van der Waals surface area contributed by atoms with E-state index in [2.05, 4.69) is 10.6 Å². The second-order valence-corrected chi connectivity index (χ2v) is 5.29. The molecule has 0 radical (unpaired) electrons. The number of hydrogen-bond acceptors (Lipinski definition) is 2. The van der Waals surface area contributed by atoms with Crippen LogP contribution in [0.3, 0.4) is 0 Å². The van der Waals surface area contributed by atoms with E-state index in [4.69, 9.17) is 0 Å². The fourth-order valence-electron chi connectivity index (χ4n) is 2.02. The van der Waals surface area contributed by atoms with Crippen molar-refractivity contribution < 1.29 is 9.59 Å². The predicted octanol–water partition coefficient (Wildman–Crippen LogP) is 2.40. The average molecular weight is 262 g/mol. The molecule has 2 amide bonds. The highest BCUT2D eigenvalue weighted by molar-refractivity contribution is 5.97. The number of anilines is 1. The van der Waals surface area contributed by atoms with E-state index in [-0.39, 0.29) is 17.7 Å². The molecule has 2 N–H and O–H groups in total. The van der Waals surface area contributed by atoms with Gasteiger partial charge in [-0.05, 0) is 43.0 Å². The minimum absolute atomic E-state index is 0.0369. The Morgan fingerprint density at radius 2 is 1.58 bits per heavy atom. The number of nitrogens with one attached hydrogen (secondary N) is 2. The Balaban J connectivity index is 2.83. The second-order valence-electron chi connectivity index (χ2n) is 5.29. The van der Waals surface area contributed by atoms with Crippen LogP contribution in [0, 0.1) is 19.8 Å². The highest BCUT2D eigenvalue weighted by Gasteiger charge is 2.22. The topological polar surface area (TPSA) is 58.2 Å². The Hall–Kier alpha value is -1.84. The lowest BCUT2D eigenvalue weighted by Crippen LogP contribution is -2.46. The Morgan fingerprint density at radius 3 is 2.00 bits per heavy atom. The molecule has 19 heavy (non-hydrogen) atoms. The van der Waals surface area contributed by atoms with Crippen molar-refractivity contribution in [3.05, 3.63) is 29.3 Å². The summed E-state index contributed by atoms with van der Waals surface area (Å²) < 4.78 is 0. The van der Waals surface area contributed by atoms with Crippen LogP contribution < -0.4 is 10.6 Å². The first kappa shape index (κ1) is 15.2. The van der Waals surface area contributed by atoms with Crippen molar-refractivity contribution >= 4 is 17.5 Å². The fourth-order valence-corrected chi connectivity index (χ4v) is 2.02. The summed E-state index contributed by atoms with van der Waals surface area (Å²) in [7, 11) is 0. The molecule has 0 aliphatic carbocycles. The van der Waals surface area contributed by atoms with E-state index >= 15 is 0 Å². The standard InChI is InChI=1S/C15H22N2O2/c1-9(2)14(16-12(5)18)15(19)17-13-7-10(3)6-11(4)8-13/h6-9,14H,1-5H3,(H,16,18)(H,17,19)/t14-/m1/s1. The lowest BCUT2D eigenvalue weighted by atomic mass is 10.0. The lowest BCUT2D eigenvalue weighted by molar-refractivity contribution is -0.126. The van der Waals surface area contributed by atoms with Crippen LogP contribution in [0.25, 0.3) is 0 Å². The van der Waals surface area contributed by atoms with E-state index < -0.39 is 6.04 Å². The predicted molar refractivity (Wildman–Crippen MR) is 77.0 cm³/mol. The minimum Gasteiger partial charge on any atom is -0.344 e. The molecule has 0 aliphatic rings. The zero-order valence-electron chi connectivity index (χ0n) is 12.2. The van der Waals surface area contributed by atoms with Gasteiger partial charge >= 0.3 is 0 Å². The Kier molecular flexibility index (Phi) is 5.10. The summed E-state index contributed by atoms with van der Waals surface area (Å²) in [5.74, 6) is -0.348. The summed E-state index contributed by atoms with van der Waals surface area (Å²) in [6, 6.07) is 5.36. The maximum atomic E-state index is 12.2. The molecule has 0 saturated carbocycles. The first-order valence-electron chi connectivity index (χ1n) is 6.46. The number of benzene rings is 1. The highest BCUT2D eigenvalue weighted by atomic mass is 16.2. The van der Waals surface area contributed by atoms with E-state index in [1.807, 2.05) is 45.9 Å².